The van der Waals surface area contributed by atoms with E-state index in [0.717, 1.165) is 30.6 Å². The van der Waals surface area contributed by atoms with E-state index in [1.165, 1.54) is 50.5 Å². The smallest absolute Gasteiger partial charge is 0.155 e. The lowest BCUT2D eigenvalue weighted by Crippen LogP contribution is -2.36. The first-order valence-corrected chi connectivity index (χ1v) is 9.08. The SMILES string of the molecule is CC[C@]1(C)CCC2=C1CC[C@@H]1[C@H]3CCC(=O)C=C3CC[C@@H]21. The number of ketones is 1. The second kappa shape index (κ2) is 4.83. The van der Waals surface area contributed by atoms with Crippen LogP contribution in [0.15, 0.2) is 22.8 Å². The normalized spacial score (nSPS) is 42.3. The highest BCUT2D eigenvalue weighted by molar-refractivity contribution is 5.91. The summed E-state index contributed by atoms with van der Waals surface area (Å²) in [7, 11) is 0. The Morgan fingerprint density at radius 2 is 1.90 bits per heavy atom. The van der Waals surface area contributed by atoms with Crippen LogP contribution in [0.4, 0.5) is 0 Å². The van der Waals surface area contributed by atoms with Crippen molar-refractivity contribution in [3.8, 4) is 0 Å². The second-order valence-electron chi connectivity index (χ2n) is 8.10. The maximum atomic E-state index is 11.7. The summed E-state index contributed by atoms with van der Waals surface area (Å²) in [6.45, 7) is 4.87. The molecule has 0 aliphatic heterocycles. The zero-order valence-electron chi connectivity index (χ0n) is 13.6. The van der Waals surface area contributed by atoms with Gasteiger partial charge in [-0.2, -0.15) is 0 Å². The first-order chi connectivity index (χ1) is 10.1. The number of carbonyl (C=O) groups is 1. The second-order valence-corrected chi connectivity index (χ2v) is 8.10. The Morgan fingerprint density at radius 3 is 2.71 bits per heavy atom. The highest BCUT2D eigenvalue weighted by Crippen LogP contribution is 2.59. The lowest BCUT2D eigenvalue weighted by molar-refractivity contribution is -0.115. The fraction of sp³-hybridized carbons (Fsp3) is 0.750. The Kier molecular flexibility index (Phi) is 3.17. The van der Waals surface area contributed by atoms with Gasteiger partial charge in [0, 0.05) is 6.42 Å². The monoisotopic (exact) mass is 284 g/mol. The minimum atomic E-state index is 0.384. The third kappa shape index (κ3) is 1.99. The molecule has 4 rings (SSSR count). The van der Waals surface area contributed by atoms with E-state index in [4.69, 9.17) is 0 Å². The van der Waals surface area contributed by atoms with Gasteiger partial charge in [-0.1, -0.05) is 30.6 Å². The van der Waals surface area contributed by atoms with Crippen LogP contribution in [-0.4, -0.2) is 5.78 Å². The molecule has 1 nitrogen and oxygen atoms in total. The summed E-state index contributed by atoms with van der Waals surface area (Å²) < 4.78 is 0. The minimum Gasteiger partial charge on any atom is -0.295 e. The predicted molar refractivity (Wildman–Crippen MR) is 85.9 cm³/mol. The van der Waals surface area contributed by atoms with E-state index in [1.54, 1.807) is 0 Å². The predicted octanol–water partition coefficient (Wildman–Crippen LogP) is 5.22. The Labute approximate surface area is 128 Å². The van der Waals surface area contributed by atoms with Crippen LogP contribution < -0.4 is 0 Å². The van der Waals surface area contributed by atoms with E-state index < -0.39 is 0 Å². The highest BCUT2D eigenvalue weighted by atomic mass is 16.1. The molecule has 0 unspecified atom stereocenters. The van der Waals surface area contributed by atoms with Crippen LogP contribution in [0.2, 0.25) is 0 Å². The maximum Gasteiger partial charge on any atom is 0.155 e. The van der Waals surface area contributed by atoms with Gasteiger partial charge in [-0.25, -0.2) is 0 Å². The topological polar surface area (TPSA) is 17.1 Å². The summed E-state index contributed by atoms with van der Waals surface area (Å²) in [6.07, 6.45) is 13.3. The van der Waals surface area contributed by atoms with Gasteiger partial charge >= 0.3 is 0 Å². The third-order valence-electron chi connectivity index (χ3n) is 7.32. The van der Waals surface area contributed by atoms with E-state index in [9.17, 15) is 4.79 Å². The van der Waals surface area contributed by atoms with Crippen molar-refractivity contribution in [1.82, 2.24) is 0 Å². The van der Waals surface area contributed by atoms with Gasteiger partial charge in [-0.3, -0.25) is 4.79 Å². The molecule has 0 radical (unpaired) electrons. The average molecular weight is 284 g/mol. The first-order valence-electron chi connectivity index (χ1n) is 9.08. The number of fused-ring (bicyclic) bond motifs is 4. The zero-order valence-corrected chi connectivity index (χ0v) is 13.6. The summed E-state index contributed by atoms with van der Waals surface area (Å²) in [5.41, 5.74) is 5.74. The summed E-state index contributed by atoms with van der Waals surface area (Å²) >= 11 is 0. The van der Waals surface area contributed by atoms with Crippen LogP contribution in [0.5, 0.6) is 0 Å². The van der Waals surface area contributed by atoms with Gasteiger partial charge in [0.05, 0.1) is 0 Å². The van der Waals surface area contributed by atoms with E-state index >= 15 is 0 Å². The molecule has 21 heavy (non-hydrogen) atoms. The Hall–Kier alpha value is -0.850. The first kappa shape index (κ1) is 13.8. The van der Waals surface area contributed by atoms with E-state index in [2.05, 4.69) is 13.8 Å². The molecule has 4 aliphatic rings. The molecule has 0 aromatic heterocycles. The molecule has 1 fully saturated rings. The van der Waals surface area contributed by atoms with E-state index in [1.807, 2.05) is 17.2 Å². The summed E-state index contributed by atoms with van der Waals surface area (Å²) in [5, 5.41) is 0. The molecular formula is C20H28O. The number of hydrogen-bond donors (Lipinski definition) is 0. The average Bonchev–Trinajstić information content (AvgIpc) is 2.85. The molecule has 0 bridgehead atoms. The molecule has 114 valence electrons. The van der Waals surface area contributed by atoms with Crippen molar-refractivity contribution >= 4 is 5.78 Å². The fourth-order valence-corrected chi connectivity index (χ4v) is 5.94. The Morgan fingerprint density at radius 1 is 1.10 bits per heavy atom. The molecule has 1 saturated carbocycles. The van der Waals surface area contributed by atoms with Crippen molar-refractivity contribution < 1.29 is 4.79 Å². The standard InChI is InChI=1S/C20H28O/c1-3-20(2)11-10-18-17-6-4-13-12-14(21)5-7-15(13)16(17)8-9-19(18)20/h12,15-17H,3-11H2,1-2H3/t15-,16+,17+,20+/m0/s1. The van der Waals surface area contributed by atoms with Gasteiger partial charge in [0.15, 0.2) is 5.78 Å². The number of carbonyl (C=O) groups excluding carboxylic acids is 1. The molecular weight excluding hydrogens is 256 g/mol. The molecule has 0 heterocycles. The molecule has 0 aromatic rings. The lowest BCUT2D eigenvalue weighted by atomic mass is 9.59. The Balaban J connectivity index is 1.66. The summed E-state index contributed by atoms with van der Waals surface area (Å²) in [6, 6.07) is 0. The van der Waals surface area contributed by atoms with Gasteiger partial charge in [0.1, 0.15) is 0 Å². The number of rotatable bonds is 1. The molecule has 4 aliphatic carbocycles. The molecule has 0 amide bonds. The number of allylic oxidation sites excluding steroid dienone is 4. The molecule has 1 heteroatoms. The van der Waals surface area contributed by atoms with E-state index in [0.29, 0.717) is 11.2 Å². The van der Waals surface area contributed by atoms with Crippen LogP contribution in [-0.2, 0) is 4.79 Å². The molecule has 0 saturated heterocycles. The van der Waals surface area contributed by atoms with Gasteiger partial charge in [-0.05, 0) is 80.6 Å². The van der Waals surface area contributed by atoms with Crippen molar-refractivity contribution in [3.05, 3.63) is 22.8 Å². The zero-order chi connectivity index (χ0) is 14.6. The van der Waals surface area contributed by atoms with Crippen LogP contribution in [0, 0.1) is 23.2 Å². The van der Waals surface area contributed by atoms with Crippen molar-refractivity contribution in [2.24, 2.45) is 23.2 Å². The van der Waals surface area contributed by atoms with Gasteiger partial charge in [0.2, 0.25) is 0 Å². The van der Waals surface area contributed by atoms with Gasteiger partial charge in [-0.15, -0.1) is 0 Å². The fourth-order valence-electron chi connectivity index (χ4n) is 5.94. The van der Waals surface area contributed by atoms with Crippen LogP contribution in [0.3, 0.4) is 0 Å². The Bertz CT molecular complexity index is 538. The van der Waals surface area contributed by atoms with Crippen molar-refractivity contribution in [2.75, 3.05) is 0 Å². The van der Waals surface area contributed by atoms with E-state index in [-0.39, 0.29) is 0 Å². The highest BCUT2D eigenvalue weighted by Gasteiger charge is 2.46. The van der Waals surface area contributed by atoms with Crippen LogP contribution in [0.1, 0.15) is 71.6 Å². The third-order valence-corrected chi connectivity index (χ3v) is 7.32. The van der Waals surface area contributed by atoms with Gasteiger partial charge in [0.25, 0.3) is 0 Å². The maximum absolute atomic E-state index is 11.7. The van der Waals surface area contributed by atoms with Crippen molar-refractivity contribution in [3.63, 3.8) is 0 Å². The minimum absolute atomic E-state index is 0.384. The quantitative estimate of drug-likeness (QED) is 0.603. The lowest BCUT2D eigenvalue weighted by Gasteiger charge is -2.46. The molecule has 0 aromatic carbocycles. The van der Waals surface area contributed by atoms with Crippen LogP contribution >= 0.6 is 0 Å². The molecule has 0 N–H and O–H groups in total. The van der Waals surface area contributed by atoms with Crippen molar-refractivity contribution in [2.45, 2.75) is 71.6 Å². The van der Waals surface area contributed by atoms with Crippen molar-refractivity contribution in [1.29, 1.82) is 0 Å². The molecule has 4 atom stereocenters. The summed E-state index contributed by atoms with van der Waals surface area (Å²) in [5.74, 6) is 2.84. The van der Waals surface area contributed by atoms with Gasteiger partial charge < -0.3 is 0 Å². The number of hydrogen-bond acceptors (Lipinski definition) is 1. The summed E-state index contributed by atoms with van der Waals surface area (Å²) in [4.78, 5) is 11.7. The molecule has 0 spiro atoms. The van der Waals surface area contributed by atoms with Crippen LogP contribution in [0.25, 0.3) is 0 Å². The largest absolute Gasteiger partial charge is 0.295 e.